The average Bonchev–Trinajstić information content (AvgIpc) is 2.72. The van der Waals surface area contributed by atoms with Gasteiger partial charge in [0, 0.05) is 11.9 Å². The van der Waals surface area contributed by atoms with E-state index in [0.717, 1.165) is 29.2 Å². The van der Waals surface area contributed by atoms with E-state index < -0.39 is 0 Å². The van der Waals surface area contributed by atoms with Crippen molar-refractivity contribution in [1.82, 2.24) is 4.98 Å². The highest BCUT2D eigenvalue weighted by atomic mass is 32.1. The van der Waals surface area contributed by atoms with E-state index in [2.05, 4.69) is 22.6 Å². The van der Waals surface area contributed by atoms with Gasteiger partial charge in [0.25, 0.3) is 0 Å². The molecular formula is C11H18N2S. The maximum atomic E-state index is 4.40. The minimum Gasteiger partial charge on any atom is -0.361 e. The van der Waals surface area contributed by atoms with Crippen LogP contribution in [0.15, 0.2) is 5.38 Å². The van der Waals surface area contributed by atoms with Crippen LogP contribution in [-0.2, 0) is 0 Å². The SMILES string of the molecule is Cc1csc(NCC2CCC(C)C2)n1. The summed E-state index contributed by atoms with van der Waals surface area (Å²) in [5.74, 6) is 1.80. The summed E-state index contributed by atoms with van der Waals surface area (Å²) in [6, 6.07) is 0. The molecule has 2 rings (SSSR count). The molecule has 0 radical (unpaired) electrons. The van der Waals surface area contributed by atoms with Gasteiger partial charge < -0.3 is 5.32 Å². The van der Waals surface area contributed by atoms with Gasteiger partial charge in [-0.15, -0.1) is 11.3 Å². The largest absolute Gasteiger partial charge is 0.361 e. The average molecular weight is 210 g/mol. The van der Waals surface area contributed by atoms with Gasteiger partial charge in [0.1, 0.15) is 0 Å². The lowest BCUT2D eigenvalue weighted by molar-refractivity contribution is 0.537. The van der Waals surface area contributed by atoms with E-state index in [4.69, 9.17) is 0 Å². The summed E-state index contributed by atoms with van der Waals surface area (Å²) < 4.78 is 0. The second-order valence-electron chi connectivity index (χ2n) is 4.46. The smallest absolute Gasteiger partial charge is 0.182 e. The first-order valence-electron chi connectivity index (χ1n) is 5.40. The summed E-state index contributed by atoms with van der Waals surface area (Å²) in [5.41, 5.74) is 1.12. The van der Waals surface area contributed by atoms with Gasteiger partial charge in [0.05, 0.1) is 5.69 Å². The van der Waals surface area contributed by atoms with E-state index in [1.807, 2.05) is 6.92 Å². The number of hydrogen-bond acceptors (Lipinski definition) is 3. The minimum atomic E-state index is 0.870. The van der Waals surface area contributed by atoms with Crippen molar-refractivity contribution < 1.29 is 0 Å². The Balaban J connectivity index is 1.77. The second-order valence-corrected chi connectivity index (χ2v) is 5.32. The fourth-order valence-electron chi connectivity index (χ4n) is 2.18. The molecule has 0 saturated heterocycles. The first-order chi connectivity index (χ1) is 6.74. The summed E-state index contributed by atoms with van der Waals surface area (Å²) >= 11 is 1.71. The molecule has 1 aromatic rings. The molecular weight excluding hydrogens is 192 g/mol. The van der Waals surface area contributed by atoms with E-state index >= 15 is 0 Å². The van der Waals surface area contributed by atoms with Crippen molar-refractivity contribution >= 4 is 16.5 Å². The molecule has 0 aliphatic heterocycles. The molecule has 1 fully saturated rings. The highest BCUT2D eigenvalue weighted by Gasteiger charge is 2.20. The zero-order valence-corrected chi connectivity index (χ0v) is 9.73. The molecule has 3 heteroatoms. The molecule has 1 N–H and O–H groups in total. The van der Waals surface area contributed by atoms with Crippen molar-refractivity contribution in [3.05, 3.63) is 11.1 Å². The quantitative estimate of drug-likeness (QED) is 0.828. The number of aryl methyl sites for hydroxylation is 1. The zero-order valence-electron chi connectivity index (χ0n) is 8.92. The molecule has 0 bridgehead atoms. The maximum absolute atomic E-state index is 4.40. The number of nitrogens with zero attached hydrogens (tertiary/aromatic N) is 1. The predicted molar refractivity (Wildman–Crippen MR) is 61.8 cm³/mol. The van der Waals surface area contributed by atoms with Gasteiger partial charge in [-0.05, 0) is 31.6 Å². The van der Waals surface area contributed by atoms with Gasteiger partial charge in [-0.1, -0.05) is 13.3 Å². The topological polar surface area (TPSA) is 24.9 Å². The van der Waals surface area contributed by atoms with E-state index in [9.17, 15) is 0 Å². The molecule has 1 aliphatic carbocycles. The van der Waals surface area contributed by atoms with Gasteiger partial charge in [-0.25, -0.2) is 4.98 Å². The normalized spacial score (nSPS) is 26.7. The lowest BCUT2D eigenvalue weighted by atomic mass is 10.1. The Morgan fingerprint density at radius 1 is 1.57 bits per heavy atom. The van der Waals surface area contributed by atoms with Crippen LogP contribution in [0.5, 0.6) is 0 Å². The van der Waals surface area contributed by atoms with Crippen LogP contribution in [0.3, 0.4) is 0 Å². The Labute approximate surface area is 89.8 Å². The number of hydrogen-bond donors (Lipinski definition) is 1. The molecule has 0 spiro atoms. The Hall–Kier alpha value is -0.570. The molecule has 2 atom stereocenters. The molecule has 1 aliphatic rings. The fourth-order valence-corrected chi connectivity index (χ4v) is 2.88. The molecule has 1 saturated carbocycles. The Morgan fingerprint density at radius 3 is 3.00 bits per heavy atom. The van der Waals surface area contributed by atoms with E-state index in [0.29, 0.717) is 0 Å². The fraction of sp³-hybridized carbons (Fsp3) is 0.727. The molecule has 1 heterocycles. The summed E-state index contributed by atoms with van der Waals surface area (Å²) in [6.45, 7) is 5.50. The third-order valence-electron chi connectivity index (χ3n) is 2.96. The summed E-state index contributed by atoms with van der Waals surface area (Å²) in [5, 5.41) is 6.62. The standard InChI is InChI=1S/C11H18N2S/c1-8-3-4-10(5-8)6-12-11-13-9(2)7-14-11/h7-8,10H,3-6H2,1-2H3,(H,12,13). The van der Waals surface area contributed by atoms with Crippen LogP contribution in [0.1, 0.15) is 31.9 Å². The van der Waals surface area contributed by atoms with Crippen molar-refractivity contribution in [2.45, 2.75) is 33.1 Å². The van der Waals surface area contributed by atoms with Crippen LogP contribution in [0, 0.1) is 18.8 Å². The van der Waals surface area contributed by atoms with Crippen molar-refractivity contribution in [3.8, 4) is 0 Å². The molecule has 14 heavy (non-hydrogen) atoms. The Bertz CT molecular complexity index is 295. The number of nitrogens with one attached hydrogen (secondary N) is 1. The predicted octanol–water partition coefficient (Wildman–Crippen LogP) is 3.30. The van der Waals surface area contributed by atoms with E-state index in [-0.39, 0.29) is 0 Å². The zero-order chi connectivity index (χ0) is 9.97. The van der Waals surface area contributed by atoms with Crippen molar-refractivity contribution in [3.63, 3.8) is 0 Å². The maximum Gasteiger partial charge on any atom is 0.182 e. The Kier molecular flexibility index (Phi) is 3.06. The van der Waals surface area contributed by atoms with Crippen LogP contribution in [0.2, 0.25) is 0 Å². The lowest BCUT2D eigenvalue weighted by Gasteiger charge is -2.09. The van der Waals surface area contributed by atoms with Crippen molar-refractivity contribution in [2.75, 3.05) is 11.9 Å². The summed E-state index contributed by atoms with van der Waals surface area (Å²) in [7, 11) is 0. The molecule has 2 unspecified atom stereocenters. The van der Waals surface area contributed by atoms with Crippen LogP contribution < -0.4 is 5.32 Å². The highest BCUT2D eigenvalue weighted by Crippen LogP contribution is 2.30. The first-order valence-corrected chi connectivity index (χ1v) is 6.28. The van der Waals surface area contributed by atoms with Gasteiger partial charge in [-0.2, -0.15) is 0 Å². The molecule has 2 nitrogen and oxygen atoms in total. The van der Waals surface area contributed by atoms with Crippen molar-refractivity contribution in [1.29, 1.82) is 0 Å². The molecule has 1 aromatic heterocycles. The van der Waals surface area contributed by atoms with Crippen LogP contribution in [-0.4, -0.2) is 11.5 Å². The minimum absolute atomic E-state index is 0.870. The monoisotopic (exact) mass is 210 g/mol. The number of rotatable bonds is 3. The summed E-state index contributed by atoms with van der Waals surface area (Å²) in [6.07, 6.45) is 4.18. The van der Waals surface area contributed by atoms with E-state index in [1.54, 1.807) is 11.3 Å². The molecule has 0 amide bonds. The van der Waals surface area contributed by atoms with Crippen LogP contribution in [0.25, 0.3) is 0 Å². The third kappa shape index (κ3) is 2.47. The van der Waals surface area contributed by atoms with Crippen LogP contribution >= 0.6 is 11.3 Å². The van der Waals surface area contributed by atoms with Gasteiger partial charge >= 0.3 is 0 Å². The third-order valence-corrected chi connectivity index (χ3v) is 3.88. The van der Waals surface area contributed by atoms with Gasteiger partial charge in [0.2, 0.25) is 0 Å². The van der Waals surface area contributed by atoms with Crippen molar-refractivity contribution in [2.24, 2.45) is 11.8 Å². The van der Waals surface area contributed by atoms with Gasteiger partial charge in [0.15, 0.2) is 5.13 Å². The number of aromatic nitrogens is 1. The highest BCUT2D eigenvalue weighted by molar-refractivity contribution is 7.13. The summed E-state index contributed by atoms with van der Waals surface area (Å²) in [4.78, 5) is 4.40. The second kappa shape index (κ2) is 4.30. The number of thiazole rings is 1. The number of anilines is 1. The van der Waals surface area contributed by atoms with Crippen LogP contribution in [0.4, 0.5) is 5.13 Å². The molecule has 0 aromatic carbocycles. The Morgan fingerprint density at radius 2 is 2.43 bits per heavy atom. The molecule has 78 valence electrons. The first kappa shape index (κ1) is 9.97. The van der Waals surface area contributed by atoms with Gasteiger partial charge in [-0.3, -0.25) is 0 Å². The van der Waals surface area contributed by atoms with E-state index in [1.165, 1.54) is 19.3 Å². The lowest BCUT2D eigenvalue weighted by Crippen LogP contribution is -2.11.